The van der Waals surface area contributed by atoms with E-state index in [0.29, 0.717) is 5.56 Å². The predicted molar refractivity (Wildman–Crippen MR) is 56.2 cm³/mol. The van der Waals surface area contributed by atoms with Gasteiger partial charge in [-0.2, -0.15) is 0 Å². The fraction of sp³-hybridized carbons (Fsp3) is 0.182. The van der Waals surface area contributed by atoms with Gasteiger partial charge in [-0.15, -0.1) is 0 Å². The summed E-state index contributed by atoms with van der Waals surface area (Å²) < 4.78 is 4.79. The van der Waals surface area contributed by atoms with Crippen molar-refractivity contribution in [3.8, 4) is 5.75 Å². The fourth-order valence-electron chi connectivity index (χ4n) is 1.05. The number of hydrogen-bond acceptors (Lipinski definition) is 4. The average molecular weight is 207 g/mol. The zero-order valence-electron chi connectivity index (χ0n) is 8.22. The summed E-state index contributed by atoms with van der Waals surface area (Å²) >= 11 is 0. The molecule has 0 aliphatic rings. The Morgan fingerprint density at radius 1 is 1.53 bits per heavy atom. The minimum absolute atomic E-state index is 0.130. The van der Waals surface area contributed by atoms with E-state index in [-0.39, 0.29) is 12.4 Å². The Hall–Kier alpha value is -1.81. The molecule has 15 heavy (non-hydrogen) atoms. The zero-order valence-corrected chi connectivity index (χ0v) is 8.22. The van der Waals surface area contributed by atoms with Crippen LogP contribution in [-0.4, -0.2) is 17.7 Å². The smallest absolute Gasteiger partial charge is 0.327 e. The first-order chi connectivity index (χ1) is 7.15. The lowest BCUT2D eigenvalue weighted by Gasteiger charge is -2.10. The van der Waals surface area contributed by atoms with E-state index in [1.54, 1.807) is 12.1 Å². The second kappa shape index (κ2) is 5.17. The lowest BCUT2D eigenvalue weighted by atomic mass is 10.1. The van der Waals surface area contributed by atoms with Crippen LogP contribution in [0.15, 0.2) is 36.9 Å². The van der Waals surface area contributed by atoms with Crippen molar-refractivity contribution in [2.75, 3.05) is 6.61 Å². The van der Waals surface area contributed by atoms with Crippen molar-refractivity contribution >= 4 is 5.97 Å². The van der Waals surface area contributed by atoms with Crippen LogP contribution >= 0.6 is 0 Å². The molecule has 0 unspecified atom stereocenters. The van der Waals surface area contributed by atoms with Crippen LogP contribution in [0.1, 0.15) is 11.6 Å². The molecule has 0 heterocycles. The summed E-state index contributed by atoms with van der Waals surface area (Å²) in [5, 5.41) is 9.05. The van der Waals surface area contributed by atoms with Crippen molar-refractivity contribution in [1.82, 2.24) is 0 Å². The van der Waals surface area contributed by atoms with E-state index < -0.39 is 12.0 Å². The highest BCUT2D eigenvalue weighted by atomic mass is 16.5. The highest BCUT2D eigenvalue weighted by Gasteiger charge is 2.16. The first-order valence-corrected chi connectivity index (χ1v) is 4.47. The Morgan fingerprint density at radius 3 is 2.67 bits per heavy atom. The molecule has 0 spiro atoms. The quantitative estimate of drug-likeness (QED) is 0.573. The average Bonchev–Trinajstić information content (AvgIpc) is 2.26. The van der Waals surface area contributed by atoms with E-state index in [1.165, 1.54) is 18.2 Å². The van der Waals surface area contributed by atoms with Gasteiger partial charge in [0.15, 0.2) is 0 Å². The Balaban J connectivity index is 2.67. The van der Waals surface area contributed by atoms with Crippen molar-refractivity contribution in [2.24, 2.45) is 5.73 Å². The molecule has 80 valence electrons. The monoisotopic (exact) mass is 207 g/mol. The molecule has 0 amide bonds. The highest BCUT2D eigenvalue weighted by Crippen LogP contribution is 2.15. The van der Waals surface area contributed by atoms with E-state index >= 15 is 0 Å². The van der Waals surface area contributed by atoms with Crippen LogP contribution in [0.5, 0.6) is 5.75 Å². The minimum Gasteiger partial charge on any atom is -0.508 e. The summed E-state index contributed by atoms with van der Waals surface area (Å²) in [6, 6.07) is 5.27. The number of carbonyl (C=O) groups is 1. The molecule has 0 aliphatic carbocycles. The van der Waals surface area contributed by atoms with E-state index in [4.69, 9.17) is 15.6 Å². The normalized spacial score (nSPS) is 11.8. The SMILES string of the molecule is C=CCOC(=O)[C@H](N)c1ccc(O)cc1. The second-order valence-electron chi connectivity index (χ2n) is 2.99. The van der Waals surface area contributed by atoms with Gasteiger partial charge in [-0.25, -0.2) is 4.79 Å². The van der Waals surface area contributed by atoms with Gasteiger partial charge in [-0.1, -0.05) is 24.8 Å². The topological polar surface area (TPSA) is 72.5 Å². The van der Waals surface area contributed by atoms with Gasteiger partial charge in [0.1, 0.15) is 18.4 Å². The second-order valence-corrected chi connectivity index (χ2v) is 2.99. The Morgan fingerprint density at radius 2 is 2.13 bits per heavy atom. The van der Waals surface area contributed by atoms with Crippen molar-refractivity contribution in [2.45, 2.75) is 6.04 Å². The molecule has 0 fully saturated rings. The standard InChI is InChI=1S/C11H13NO3/c1-2-7-15-11(14)10(12)8-3-5-9(13)6-4-8/h2-6,10,13H,1,7,12H2/t10-/m1/s1. The maximum absolute atomic E-state index is 11.3. The van der Waals surface area contributed by atoms with Crippen molar-refractivity contribution < 1.29 is 14.6 Å². The number of esters is 1. The van der Waals surface area contributed by atoms with Gasteiger partial charge in [0, 0.05) is 0 Å². The van der Waals surface area contributed by atoms with Crippen molar-refractivity contribution in [3.63, 3.8) is 0 Å². The molecule has 0 saturated carbocycles. The Kier molecular flexibility index (Phi) is 3.88. The molecule has 0 radical (unpaired) electrons. The summed E-state index contributed by atoms with van der Waals surface area (Å²) in [5.74, 6) is -0.383. The molecule has 4 nitrogen and oxygen atoms in total. The molecule has 4 heteroatoms. The summed E-state index contributed by atoms with van der Waals surface area (Å²) in [4.78, 5) is 11.3. The Bertz CT molecular complexity index is 345. The summed E-state index contributed by atoms with van der Waals surface area (Å²) in [6.45, 7) is 3.57. The molecule has 1 atom stereocenters. The molecular weight excluding hydrogens is 194 g/mol. The van der Waals surface area contributed by atoms with E-state index in [2.05, 4.69) is 6.58 Å². The van der Waals surface area contributed by atoms with E-state index in [1.807, 2.05) is 0 Å². The molecule has 1 aromatic carbocycles. The van der Waals surface area contributed by atoms with Gasteiger partial charge in [0.25, 0.3) is 0 Å². The van der Waals surface area contributed by atoms with Gasteiger partial charge in [0.2, 0.25) is 0 Å². The largest absolute Gasteiger partial charge is 0.508 e. The van der Waals surface area contributed by atoms with Crippen LogP contribution in [0.4, 0.5) is 0 Å². The minimum atomic E-state index is -0.828. The number of aromatic hydroxyl groups is 1. The summed E-state index contributed by atoms with van der Waals surface area (Å²) in [5.41, 5.74) is 6.24. The van der Waals surface area contributed by atoms with Gasteiger partial charge >= 0.3 is 5.97 Å². The zero-order chi connectivity index (χ0) is 11.3. The van der Waals surface area contributed by atoms with Crippen LogP contribution in [0.25, 0.3) is 0 Å². The van der Waals surface area contributed by atoms with Crippen LogP contribution < -0.4 is 5.73 Å². The third kappa shape index (κ3) is 3.11. The molecule has 1 aromatic rings. The molecule has 0 saturated heterocycles. The van der Waals surface area contributed by atoms with Crippen molar-refractivity contribution in [3.05, 3.63) is 42.5 Å². The highest BCUT2D eigenvalue weighted by molar-refractivity contribution is 5.77. The third-order valence-corrected chi connectivity index (χ3v) is 1.85. The number of carbonyl (C=O) groups excluding carboxylic acids is 1. The maximum atomic E-state index is 11.3. The van der Waals surface area contributed by atoms with E-state index in [0.717, 1.165) is 0 Å². The number of phenols is 1. The van der Waals surface area contributed by atoms with Crippen LogP contribution in [0.2, 0.25) is 0 Å². The van der Waals surface area contributed by atoms with Gasteiger partial charge in [0.05, 0.1) is 0 Å². The molecule has 0 bridgehead atoms. The first kappa shape index (κ1) is 11.3. The van der Waals surface area contributed by atoms with Crippen molar-refractivity contribution in [1.29, 1.82) is 0 Å². The fourth-order valence-corrected chi connectivity index (χ4v) is 1.05. The molecule has 0 aromatic heterocycles. The third-order valence-electron chi connectivity index (χ3n) is 1.85. The molecule has 1 rings (SSSR count). The van der Waals surface area contributed by atoms with Gasteiger partial charge < -0.3 is 15.6 Å². The number of nitrogens with two attached hydrogens (primary N) is 1. The number of rotatable bonds is 4. The molecule has 3 N–H and O–H groups in total. The van der Waals surface area contributed by atoms with Crippen LogP contribution in [0.3, 0.4) is 0 Å². The number of ether oxygens (including phenoxy) is 1. The maximum Gasteiger partial charge on any atom is 0.327 e. The summed E-state index contributed by atoms with van der Waals surface area (Å²) in [6.07, 6.45) is 1.47. The first-order valence-electron chi connectivity index (χ1n) is 4.47. The number of phenolic OH excluding ortho intramolecular Hbond substituents is 1. The number of benzene rings is 1. The lowest BCUT2D eigenvalue weighted by Crippen LogP contribution is -2.23. The predicted octanol–water partition coefficient (Wildman–Crippen LogP) is 1.12. The van der Waals surface area contributed by atoms with Crippen LogP contribution in [-0.2, 0) is 9.53 Å². The molecular formula is C11H13NO3. The Labute approximate surface area is 88.0 Å². The number of hydrogen-bond donors (Lipinski definition) is 2. The lowest BCUT2D eigenvalue weighted by molar-refractivity contribution is -0.144. The molecule has 0 aliphatic heterocycles. The van der Waals surface area contributed by atoms with Gasteiger partial charge in [-0.3, -0.25) is 0 Å². The van der Waals surface area contributed by atoms with E-state index in [9.17, 15) is 4.79 Å². The summed E-state index contributed by atoms with van der Waals surface area (Å²) in [7, 11) is 0. The van der Waals surface area contributed by atoms with Gasteiger partial charge in [-0.05, 0) is 17.7 Å². The van der Waals surface area contributed by atoms with Crippen LogP contribution in [0, 0.1) is 0 Å².